The summed E-state index contributed by atoms with van der Waals surface area (Å²) in [4.78, 5) is 23.2. The molecule has 2 aromatic heterocycles. The molecule has 9 heteroatoms. The van der Waals surface area contributed by atoms with E-state index in [9.17, 15) is 18.0 Å². The Morgan fingerprint density at radius 3 is 2.51 bits per heavy atom. The fourth-order valence-corrected chi connectivity index (χ4v) is 5.28. The molecule has 0 amide bonds. The minimum Gasteiger partial charge on any atom is -0.302 e. The number of nitrogens with zero attached hydrogens (tertiary/aromatic N) is 4. The predicted molar refractivity (Wildman–Crippen MR) is 131 cm³/mol. The van der Waals surface area contributed by atoms with Gasteiger partial charge in [0.05, 0.1) is 11.3 Å². The molecule has 2 fully saturated rings. The third-order valence-electron chi connectivity index (χ3n) is 7.19. The van der Waals surface area contributed by atoms with Crippen LogP contribution in [-0.2, 0) is 18.1 Å². The summed E-state index contributed by atoms with van der Waals surface area (Å²) in [5.41, 5.74) is 2.61. The van der Waals surface area contributed by atoms with E-state index in [2.05, 4.69) is 14.9 Å². The maximum absolute atomic E-state index is 12.9. The number of pyridine rings is 1. The molecular weight excluding hydrogens is 477 g/mol. The Morgan fingerprint density at radius 2 is 1.83 bits per heavy atom. The first-order valence-electron chi connectivity index (χ1n) is 11.7. The van der Waals surface area contributed by atoms with Crippen molar-refractivity contribution in [3.8, 4) is 11.3 Å². The first-order valence-corrected chi connectivity index (χ1v) is 11.7. The SMILES string of the molecule is Cc1cc(-c2ccn(CCCCN3C[C@@H]4C[C@]4(c4ccc(C(F)(F)F)cc4)C3)c(=O)n2)ccn1.Cl. The van der Waals surface area contributed by atoms with Crippen LogP contribution in [0.4, 0.5) is 13.2 Å². The molecule has 2 aliphatic rings. The summed E-state index contributed by atoms with van der Waals surface area (Å²) < 4.78 is 40.2. The molecule has 1 saturated heterocycles. The molecule has 1 aliphatic heterocycles. The highest BCUT2D eigenvalue weighted by Crippen LogP contribution is 2.59. The molecule has 0 N–H and O–H groups in total. The normalized spacial score (nSPS) is 21.4. The van der Waals surface area contributed by atoms with Crippen molar-refractivity contribution in [3.05, 3.63) is 82.2 Å². The monoisotopic (exact) mass is 504 g/mol. The van der Waals surface area contributed by atoms with Gasteiger partial charge < -0.3 is 4.90 Å². The highest BCUT2D eigenvalue weighted by Gasteiger charge is 2.60. The summed E-state index contributed by atoms with van der Waals surface area (Å²) in [5.74, 6) is 0.528. The van der Waals surface area contributed by atoms with Crippen LogP contribution in [0.5, 0.6) is 0 Å². The lowest BCUT2D eigenvalue weighted by Gasteiger charge is -2.21. The number of piperidine rings is 1. The van der Waals surface area contributed by atoms with Gasteiger partial charge >= 0.3 is 11.9 Å². The van der Waals surface area contributed by atoms with Crippen LogP contribution < -0.4 is 5.69 Å². The van der Waals surface area contributed by atoms with E-state index in [0.717, 1.165) is 55.7 Å². The number of halogens is 4. The van der Waals surface area contributed by atoms with Gasteiger partial charge in [-0.1, -0.05) is 12.1 Å². The van der Waals surface area contributed by atoms with Gasteiger partial charge in [0.1, 0.15) is 0 Å². The van der Waals surface area contributed by atoms with E-state index in [1.807, 2.05) is 25.1 Å². The molecule has 0 spiro atoms. The van der Waals surface area contributed by atoms with Gasteiger partial charge in [0.15, 0.2) is 0 Å². The van der Waals surface area contributed by atoms with Crippen molar-refractivity contribution >= 4 is 12.4 Å². The number of unbranched alkanes of at least 4 members (excludes halogenated alkanes) is 1. The molecule has 5 nitrogen and oxygen atoms in total. The van der Waals surface area contributed by atoms with Gasteiger partial charge in [-0.3, -0.25) is 9.55 Å². The quantitative estimate of drug-likeness (QED) is 0.420. The molecule has 3 aromatic rings. The molecule has 1 saturated carbocycles. The van der Waals surface area contributed by atoms with Crippen LogP contribution in [0.1, 0.15) is 36.1 Å². The molecule has 186 valence electrons. The second-order valence-electron chi connectivity index (χ2n) is 9.55. The molecule has 1 aromatic carbocycles. The molecule has 1 aliphatic carbocycles. The Balaban J connectivity index is 0.00000289. The highest BCUT2D eigenvalue weighted by molar-refractivity contribution is 5.85. The van der Waals surface area contributed by atoms with Crippen LogP contribution in [-0.4, -0.2) is 39.1 Å². The Hall–Kier alpha value is -2.71. The number of aryl methyl sites for hydroxylation is 2. The lowest BCUT2D eigenvalue weighted by Crippen LogP contribution is -2.28. The van der Waals surface area contributed by atoms with Crippen LogP contribution in [0.3, 0.4) is 0 Å². The minimum atomic E-state index is -4.29. The van der Waals surface area contributed by atoms with Crippen molar-refractivity contribution in [1.29, 1.82) is 0 Å². The Morgan fingerprint density at radius 1 is 1.09 bits per heavy atom. The number of benzene rings is 1. The van der Waals surface area contributed by atoms with Crippen molar-refractivity contribution in [3.63, 3.8) is 0 Å². The Labute approximate surface area is 208 Å². The lowest BCUT2D eigenvalue weighted by molar-refractivity contribution is -0.137. The Kier molecular flexibility index (Phi) is 7.06. The molecule has 0 bridgehead atoms. The number of aromatic nitrogens is 3. The van der Waals surface area contributed by atoms with Gasteiger partial charge in [-0.25, -0.2) is 4.79 Å². The Bertz CT molecular complexity index is 1240. The topological polar surface area (TPSA) is 51.0 Å². The number of alkyl halides is 3. The number of likely N-dealkylation sites (tertiary alicyclic amines) is 1. The summed E-state index contributed by atoms with van der Waals surface area (Å²) in [6.45, 7) is 5.32. The summed E-state index contributed by atoms with van der Waals surface area (Å²) in [6.07, 6.45) is 2.08. The number of hydrogen-bond acceptors (Lipinski definition) is 4. The summed E-state index contributed by atoms with van der Waals surface area (Å²) in [7, 11) is 0. The first kappa shape index (κ1) is 25.4. The molecule has 0 radical (unpaired) electrons. The summed E-state index contributed by atoms with van der Waals surface area (Å²) in [6, 6.07) is 11.3. The smallest absolute Gasteiger partial charge is 0.302 e. The van der Waals surface area contributed by atoms with E-state index in [1.54, 1.807) is 29.1 Å². The van der Waals surface area contributed by atoms with E-state index in [1.165, 1.54) is 12.1 Å². The van der Waals surface area contributed by atoms with E-state index < -0.39 is 11.7 Å². The van der Waals surface area contributed by atoms with Crippen molar-refractivity contribution < 1.29 is 13.2 Å². The maximum Gasteiger partial charge on any atom is 0.416 e. The standard InChI is InChI=1S/C26H27F3N4O.ClH/c1-18-14-19(8-10-30-18)23-9-13-33(24(34)31-23)12-3-2-11-32-16-22-15-25(22,17-32)20-4-6-21(7-5-20)26(27,28)29;/h4-10,13-14,22H,2-3,11-12,15-17H2,1H3;1H/t22-,25+;/m0./s1. The fourth-order valence-electron chi connectivity index (χ4n) is 5.28. The van der Waals surface area contributed by atoms with Crippen LogP contribution >= 0.6 is 12.4 Å². The average Bonchev–Trinajstić information content (AvgIpc) is 3.38. The van der Waals surface area contributed by atoms with E-state index in [4.69, 9.17) is 0 Å². The zero-order valence-electron chi connectivity index (χ0n) is 19.5. The van der Waals surface area contributed by atoms with Crippen molar-refractivity contribution in [2.75, 3.05) is 19.6 Å². The average molecular weight is 505 g/mol. The third-order valence-corrected chi connectivity index (χ3v) is 7.19. The third kappa shape index (κ3) is 5.28. The van der Waals surface area contributed by atoms with Crippen LogP contribution in [0.15, 0.2) is 59.7 Å². The fraction of sp³-hybridized carbons (Fsp3) is 0.423. The van der Waals surface area contributed by atoms with Crippen LogP contribution in [0.25, 0.3) is 11.3 Å². The van der Waals surface area contributed by atoms with Gasteiger partial charge in [-0.05, 0) is 74.5 Å². The molecule has 0 unspecified atom stereocenters. The predicted octanol–water partition coefficient (Wildman–Crippen LogP) is 5.11. The molecular formula is C26H28ClF3N4O. The van der Waals surface area contributed by atoms with Crippen molar-refractivity contribution in [2.45, 2.75) is 44.3 Å². The molecule has 5 rings (SSSR count). The van der Waals surface area contributed by atoms with Gasteiger partial charge in [0.2, 0.25) is 0 Å². The van der Waals surface area contributed by atoms with E-state index in [0.29, 0.717) is 18.2 Å². The molecule has 35 heavy (non-hydrogen) atoms. The maximum atomic E-state index is 12.9. The van der Waals surface area contributed by atoms with Crippen LogP contribution in [0.2, 0.25) is 0 Å². The largest absolute Gasteiger partial charge is 0.416 e. The van der Waals surface area contributed by atoms with Crippen molar-refractivity contribution in [1.82, 2.24) is 19.4 Å². The minimum absolute atomic E-state index is 0. The zero-order chi connectivity index (χ0) is 23.9. The van der Waals surface area contributed by atoms with Gasteiger partial charge in [-0.2, -0.15) is 18.2 Å². The summed E-state index contributed by atoms with van der Waals surface area (Å²) >= 11 is 0. The summed E-state index contributed by atoms with van der Waals surface area (Å²) in [5, 5.41) is 0. The van der Waals surface area contributed by atoms with Crippen molar-refractivity contribution in [2.24, 2.45) is 5.92 Å². The number of rotatable bonds is 7. The number of hydrogen-bond donors (Lipinski definition) is 0. The highest BCUT2D eigenvalue weighted by atomic mass is 35.5. The lowest BCUT2D eigenvalue weighted by atomic mass is 9.94. The number of fused-ring (bicyclic) bond motifs is 1. The van der Waals surface area contributed by atoms with Gasteiger partial charge in [0, 0.05) is 48.7 Å². The first-order chi connectivity index (χ1) is 16.2. The van der Waals surface area contributed by atoms with E-state index >= 15 is 0 Å². The van der Waals surface area contributed by atoms with Gasteiger partial charge in [-0.15, -0.1) is 12.4 Å². The second kappa shape index (κ2) is 9.74. The van der Waals surface area contributed by atoms with Crippen LogP contribution in [0, 0.1) is 12.8 Å². The molecule has 2 atom stereocenters. The molecule has 3 heterocycles. The van der Waals surface area contributed by atoms with Gasteiger partial charge in [0.25, 0.3) is 0 Å². The van der Waals surface area contributed by atoms with E-state index in [-0.39, 0.29) is 23.5 Å². The zero-order valence-corrected chi connectivity index (χ0v) is 20.3. The second-order valence-corrected chi connectivity index (χ2v) is 9.55.